The zero-order valence-electron chi connectivity index (χ0n) is 13.7. The van der Waals surface area contributed by atoms with Gasteiger partial charge < -0.3 is 10.9 Å². The molecule has 0 atom stereocenters. The zero-order chi connectivity index (χ0) is 16.5. The van der Waals surface area contributed by atoms with Crippen LogP contribution >= 0.6 is 0 Å². The Labute approximate surface area is 156 Å². The summed E-state index contributed by atoms with van der Waals surface area (Å²) in [5, 5.41) is 0.446. The maximum atomic E-state index is 11.6. The van der Waals surface area contributed by atoms with Crippen LogP contribution in [-0.2, 0) is 19.6 Å². The monoisotopic (exact) mass is 348 g/mol. The average Bonchev–Trinajstić information content (AvgIpc) is 2.50. The molecule has 0 aliphatic rings. The molecule has 0 heterocycles. The van der Waals surface area contributed by atoms with Gasteiger partial charge >= 0.3 is 41.5 Å². The molecule has 2 aromatic rings. The Hall–Kier alpha value is -1.45. The molecule has 0 bridgehead atoms. The number of benzene rings is 2. The van der Waals surface area contributed by atoms with Crippen molar-refractivity contribution < 1.29 is 63.0 Å². The van der Waals surface area contributed by atoms with E-state index in [9.17, 15) is 22.6 Å². The molecule has 0 aromatic heterocycles. The molecule has 9 heteroatoms. The van der Waals surface area contributed by atoms with Crippen molar-refractivity contribution in [2.45, 2.75) is 4.90 Å². The molecule has 0 aliphatic heterocycles. The fourth-order valence-corrected chi connectivity index (χ4v) is 2.75. The van der Waals surface area contributed by atoms with Crippen LogP contribution in [0.15, 0.2) is 35.2 Å². The minimum atomic E-state index is -4.60. The van der Waals surface area contributed by atoms with Gasteiger partial charge in [-0.15, -0.1) is 0 Å². The minimum absolute atomic E-state index is 0. The van der Waals surface area contributed by atoms with Crippen LogP contribution < -0.4 is 29.6 Å². The van der Waals surface area contributed by atoms with E-state index in [1.54, 1.807) is 0 Å². The normalized spacial score (nSPS) is 10.7. The Morgan fingerprint density at radius 2 is 1.57 bits per heavy atom. The van der Waals surface area contributed by atoms with Crippen LogP contribution in [0.5, 0.6) is 0 Å². The van der Waals surface area contributed by atoms with Crippen LogP contribution in [0.3, 0.4) is 0 Å². The molecule has 1 N–H and O–H groups in total. The molecule has 0 saturated heterocycles. The molecule has 0 radical (unpaired) electrons. The molecule has 0 aliphatic carbocycles. The first-order valence-corrected chi connectivity index (χ1v) is 7.44. The third-order valence-electron chi connectivity index (χ3n) is 3.04. The van der Waals surface area contributed by atoms with E-state index in [0.29, 0.717) is 5.39 Å². The van der Waals surface area contributed by atoms with Crippen molar-refractivity contribution in [3.63, 3.8) is 0 Å². The van der Waals surface area contributed by atoms with Gasteiger partial charge in [-0.05, 0) is 29.7 Å². The number of esters is 2. The third-order valence-corrected chi connectivity index (χ3v) is 3.93. The van der Waals surface area contributed by atoms with Gasteiger partial charge in [0.15, 0.2) is 0 Å². The largest absolute Gasteiger partial charge is 1.00 e. The number of rotatable bonds is 3. The van der Waals surface area contributed by atoms with Gasteiger partial charge in [-0.3, -0.25) is 4.55 Å². The summed E-state index contributed by atoms with van der Waals surface area (Å²) in [6.07, 6.45) is 0. The predicted octanol–water partition coefficient (Wildman–Crippen LogP) is -1.22. The Balaban J connectivity index is 0.00000264. The SMILES string of the molecule is COC(=O)c1cc(S(=O)(=O)O)c2cc(C(=O)OC)ccc2c1.[H-].[Na+]. The van der Waals surface area contributed by atoms with E-state index in [4.69, 9.17) is 0 Å². The second kappa shape index (κ2) is 7.41. The number of fused-ring (bicyclic) bond motifs is 1. The molecule has 118 valence electrons. The van der Waals surface area contributed by atoms with Crippen molar-refractivity contribution in [3.8, 4) is 0 Å². The first kappa shape index (κ1) is 19.6. The summed E-state index contributed by atoms with van der Waals surface area (Å²) < 4.78 is 41.6. The van der Waals surface area contributed by atoms with Gasteiger partial charge in [-0.2, -0.15) is 8.42 Å². The fraction of sp³-hybridized carbons (Fsp3) is 0.143. The van der Waals surface area contributed by atoms with Crippen molar-refractivity contribution in [2.24, 2.45) is 0 Å². The molecule has 0 fully saturated rings. The van der Waals surface area contributed by atoms with Crippen LogP contribution in [-0.4, -0.2) is 39.1 Å². The molecule has 2 aromatic carbocycles. The smallest absolute Gasteiger partial charge is 1.00 e. The number of hydrogen-bond donors (Lipinski definition) is 1. The number of carbonyl (C=O) groups excluding carboxylic acids is 2. The maximum absolute atomic E-state index is 11.6. The second-order valence-corrected chi connectivity index (χ2v) is 5.76. The van der Waals surface area contributed by atoms with E-state index in [0.717, 1.165) is 13.2 Å². The van der Waals surface area contributed by atoms with E-state index in [-0.39, 0.29) is 47.5 Å². The summed E-state index contributed by atoms with van der Waals surface area (Å²) in [4.78, 5) is 22.6. The summed E-state index contributed by atoms with van der Waals surface area (Å²) in [6.45, 7) is 0. The van der Waals surface area contributed by atoms with E-state index in [2.05, 4.69) is 9.47 Å². The molecule has 0 saturated carbocycles. The third kappa shape index (κ3) is 4.10. The number of hydrogen-bond acceptors (Lipinski definition) is 6. The molecule has 0 amide bonds. The van der Waals surface area contributed by atoms with Gasteiger partial charge in [0, 0.05) is 5.39 Å². The fourth-order valence-electron chi connectivity index (χ4n) is 2.02. The summed E-state index contributed by atoms with van der Waals surface area (Å²) in [6, 6.07) is 6.53. The standard InChI is InChI=1S/C14H12O7S.Na.H/c1-20-13(15)9-4-3-8-5-10(14(16)21-2)7-12(11(8)6-9)22(17,18)19;;/h3-7H,1-2H3,(H,17,18,19);;/q;+1;-1. The van der Waals surface area contributed by atoms with Crippen LogP contribution in [0.1, 0.15) is 22.1 Å². The van der Waals surface area contributed by atoms with Crippen molar-refractivity contribution in [1.29, 1.82) is 0 Å². The Morgan fingerprint density at radius 3 is 2.09 bits per heavy atom. The summed E-state index contributed by atoms with van der Waals surface area (Å²) in [5.74, 6) is -1.40. The van der Waals surface area contributed by atoms with Gasteiger partial charge in [0.05, 0.1) is 25.3 Å². The Kier molecular flexibility index (Phi) is 6.32. The van der Waals surface area contributed by atoms with Gasteiger partial charge in [-0.1, -0.05) is 6.07 Å². The molecular weight excluding hydrogens is 335 g/mol. The van der Waals surface area contributed by atoms with Crippen LogP contribution in [0.4, 0.5) is 0 Å². The second-order valence-electron chi connectivity index (χ2n) is 4.37. The van der Waals surface area contributed by atoms with Crippen molar-refractivity contribution in [3.05, 3.63) is 41.5 Å². The quantitative estimate of drug-likeness (QED) is 0.421. The van der Waals surface area contributed by atoms with E-state index >= 15 is 0 Å². The van der Waals surface area contributed by atoms with Gasteiger partial charge in [-0.25, -0.2) is 9.59 Å². The molecule has 23 heavy (non-hydrogen) atoms. The topological polar surface area (TPSA) is 107 Å². The van der Waals surface area contributed by atoms with Gasteiger partial charge in [0.2, 0.25) is 0 Å². The molecule has 0 spiro atoms. The van der Waals surface area contributed by atoms with Crippen LogP contribution in [0, 0.1) is 0 Å². The van der Waals surface area contributed by atoms with Crippen molar-refractivity contribution in [1.82, 2.24) is 0 Å². The van der Waals surface area contributed by atoms with Crippen LogP contribution in [0.25, 0.3) is 10.8 Å². The maximum Gasteiger partial charge on any atom is 1.00 e. The minimum Gasteiger partial charge on any atom is -1.00 e. The molecular formula is C14H13NaO7S. The number of carbonyl (C=O) groups is 2. The first-order chi connectivity index (χ1) is 10.3. The summed E-state index contributed by atoms with van der Waals surface area (Å²) in [7, 11) is -2.26. The Morgan fingerprint density at radius 1 is 1.00 bits per heavy atom. The van der Waals surface area contributed by atoms with E-state index in [1.807, 2.05) is 0 Å². The molecule has 7 nitrogen and oxygen atoms in total. The zero-order valence-corrected chi connectivity index (χ0v) is 15.5. The predicted molar refractivity (Wildman–Crippen MR) is 77.6 cm³/mol. The van der Waals surface area contributed by atoms with E-state index < -0.39 is 27.0 Å². The van der Waals surface area contributed by atoms with Gasteiger partial charge in [0.1, 0.15) is 4.90 Å². The Bertz CT molecular complexity index is 880. The number of methoxy groups -OCH3 is 2. The summed E-state index contributed by atoms with van der Waals surface area (Å²) in [5.41, 5.74) is 0.0826. The number of ether oxygens (including phenoxy) is 2. The van der Waals surface area contributed by atoms with Crippen molar-refractivity contribution in [2.75, 3.05) is 14.2 Å². The molecule has 0 unspecified atom stereocenters. The van der Waals surface area contributed by atoms with E-state index in [1.165, 1.54) is 31.4 Å². The first-order valence-electron chi connectivity index (χ1n) is 6.00. The van der Waals surface area contributed by atoms with Crippen LogP contribution in [0.2, 0.25) is 0 Å². The van der Waals surface area contributed by atoms with Gasteiger partial charge in [0.25, 0.3) is 10.1 Å². The molecule has 2 rings (SSSR count). The van der Waals surface area contributed by atoms with Crippen molar-refractivity contribution >= 4 is 32.8 Å². The average molecular weight is 348 g/mol. The summed E-state index contributed by atoms with van der Waals surface area (Å²) >= 11 is 0.